The maximum atomic E-state index is 13.2. The highest BCUT2D eigenvalue weighted by Gasteiger charge is 2.27. The fourth-order valence-electron chi connectivity index (χ4n) is 4.29. The van der Waals surface area contributed by atoms with E-state index in [1.807, 2.05) is 56.0 Å². The maximum absolute atomic E-state index is 13.2. The lowest BCUT2D eigenvalue weighted by molar-refractivity contribution is -0.131. The highest BCUT2D eigenvalue weighted by atomic mass is 32.2. The molecule has 0 saturated carbocycles. The van der Waals surface area contributed by atoms with Crippen LogP contribution in [0.4, 0.5) is 5.82 Å². The van der Waals surface area contributed by atoms with E-state index in [0.29, 0.717) is 46.5 Å². The highest BCUT2D eigenvalue weighted by molar-refractivity contribution is 8.00. The average molecular weight is 487 g/mol. The largest absolute Gasteiger partial charge is 0.443 e. The van der Waals surface area contributed by atoms with Crippen molar-refractivity contribution in [2.24, 2.45) is 0 Å². The van der Waals surface area contributed by atoms with Crippen LogP contribution in [0.5, 0.6) is 0 Å². The summed E-state index contributed by atoms with van der Waals surface area (Å²) in [5, 5.41) is 3.57. The Kier molecular flexibility index (Phi) is 6.30. The molecule has 0 radical (unpaired) electrons. The van der Waals surface area contributed by atoms with Gasteiger partial charge in [-0.15, -0.1) is 0 Å². The number of hydrogen-bond donors (Lipinski definition) is 1. The van der Waals surface area contributed by atoms with Crippen LogP contribution in [0, 0.1) is 13.8 Å². The molecule has 0 spiro atoms. The van der Waals surface area contributed by atoms with E-state index >= 15 is 0 Å². The third-order valence-corrected chi connectivity index (χ3v) is 7.30. The summed E-state index contributed by atoms with van der Waals surface area (Å²) < 4.78 is 5.85. The second-order valence-electron chi connectivity index (χ2n) is 8.68. The minimum atomic E-state index is -0.396. The van der Waals surface area contributed by atoms with Gasteiger partial charge in [0, 0.05) is 24.2 Å². The van der Waals surface area contributed by atoms with Gasteiger partial charge in [0.1, 0.15) is 11.6 Å². The molecular weight excluding hydrogens is 460 g/mol. The number of amides is 2. The third kappa shape index (κ3) is 4.66. The Morgan fingerprint density at radius 2 is 1.74 bits per heavy atom. The Bertz CT molecular complexity index is 1420. The van der Waals surface area contributed by atoms with Crippen LogP contribution in [0.25, 0.3) is 11.1 Å². The molecule has 3 heterocycles. The van der Waals surface area contributed by atoms with Gasteiger partial charge >= 0.3 is 0 Å². The number of benzene rings is 2. The lowest BCUT2D eigenvalue weighted by atomic mass is 10.00. The van der Waals surface area contributed by atoms with Crippen LogP contribution in [0.2, 0.25) is 0 Å². The number of nitrogens with one attached hydrogen (secondary N) is 1. The molecule has 178 valence electrons. The zero-order chi connectivity index (χ0) is 24.5. The first kappa shape index (κ1) is 23.1. The second-order valence-corrected chi connectivity index (χ2v) is 9.98. The lowest BCUT2D eigenvalue weighted by Gasteiger charge is -2.30. The number of carbonyl (C=O) groups is 2. The van der Waals surface area contributed by atoms with Crippen LogP contribution >= 0.6 is 11.8 Å². The van der Waals surface area contributed by atoms with Gasteiger partial charge in [0.15, 0.2) is 5.16 Å². The molecule has 1 aliphatic rings. The molecule has 2 aromatic heterocycles. The van der Waals surface area contributed by atoms with Crippen molar-refractivity contribution in [1.29, 1.82) is 0 Å². The van der Waals surface area contributed by atoms with E-state index in [0.717, 1.165) is 12.0 Å². The van der Waals surface area contributed by atoms with Crippen LogP contribution in [-0.4, -0.2) is 38.5 Å². The van der Waals surface area contributed by atoms with Gasteiger partial charge < -0.3 is 14.6 Å². The molecule has 5 rings (SSSR count). The second kappa shape index (κ2) is 9.54. The molecule has 0 aliphatic carbocycles. The van der Waals surface area contributed by atoms with Gasteiger partial charge in [-0.25, -0.2) is 4.98 Å². The van der Waals surface area contributed by atoms with E-state index in [9.17, 15) is 9.59 Å². The average Bonchev–Trinajstić information content (AvgIpc) is 3.16. The SMILES string of the molecule is Cc1oc2nc(SC(C)C(=O)N3CCc4ccccc4C3)nc(NC(=O)c3ccccc3)c2c1C. The molecule has 1 unspecified atom stereocenters. The third-order valence-electron chi connectivity index (χ3n) is 6.35. The summed E-state index contributed by atoms with van der Waals surface area (Å²) in [5.74, 6) is 0.862. The van der Waals surface area contributed by atoms with E-state index in [1.165, 1.54) is 22.9 Å². The van der Waals surface area contributed by atoms with Gasteiger partial charge in [0.2, 0.25) is 11.6 Å². The van der Waals surface area contributed by atoms with Crippen LogP contribution < -0.4 is 5.32 Å². The molecule has 1 aliphatic heterocycles. The van der Waals surface area contributed by atoms with Crippen LogP contribution in [0.3, 0.4) is 0 Å². The number of aromatic nitrogens is 2. The molecule has 35 heavy (non-hydrogen) atoms. The zero-order valence-electron chi connectivity index (χ0n) is 19.9. The van der Waals surface area contributed by atoms with E-state index in [1.54, 1.807) is 12.1 Å². The molecule has 7 nitrogen and oxygen atoms in total. The molecule has 2 amide bonds. The number of furan rings is 1. The number of thioether (sulfide) groups is 1. The summed E-state index contributed by atoms with van der Waals surface area (Å²) in [7, 11) is 0. The van der Waals surface area contributed by atoms with E-state index in [4.69, 9.17) is 4.42 Å². The van der Waals surface area contributed by atoms with Crippen molar-refractivity contribution < 1.29 is 14.0 Å². The predicted molar refractivity (Wildman–Crippen MR) is 137 cm³/mol. The first-order chi connectivity index (χ1) is 16.9. The molecule has 1 N–H and O–H groups in total. The van der Waals surface area contributed by atoms with Crippen LogP contribution in [0.1, 0.15) is 39.7 Å². The van der Waals surface area contributed by atoms with Crippen molar-refractivity contribution in [1.82, 2.24) is 14.9 Å². The van der Waals surface area contributed by atoms with Gasteiger partial charge in [-0.2, -0.15) is 4.98 Å². The normalized spacial score (nSPS) is 14.0. The summed E-state index contributed by atoms with van der Waals surface area (Å²) >= 11 is 1.27. The molecule has 2 aromatic carbocycles. The summed E-state index contributed by atoms with van der Waals surface area (Å²) in [5.41, 5.74) is 4.28. The number of aryl methyl sites for hydroxylation is 2. The lowest BCUT2D eigenvalue weighted by Crippen LogP contribution is -2.40. The Labute approximate surface area is 207 Å². The molecular formula is C27H26N4O3S. The molecule has 8 heteroatoms. The minimum Gasteiger partial charge on any atom is -0.443 e. The fourth-order valence-corrected chi connectivity index (χ4v) is 5.14. The summed E-state index contributed by atoms with van der Waals surface area (Å²) in [6.07, 6.45) is 0.850. The van der Waals surface area contributed by atoms with Gasteiger partial charge in [-0.1, -0.05) is 54.2 Å². The first-order valence-electron chi connectivity index (χ1n) is 11.6. The van der Waals surface area contributed by atoms with Gasteiger partial charge in [0.25, 0.3) is 5.91 Å². The van der Waals surface area contributed by atoms with Gasteiger partial charge in [0.05, 0.1) is 10.6 Å². The molecule has 0 fully saturated rings. The van der Waals surface area contributed by atoms with Crippen molar-refractivity contribution in [3.05, 3.63) is 82.6 Å². The molecule has 0 bridgehead atoms. The van der Waals surface area contributed by atoms with Gasteiger partial charge in [-0.3, -0.25) is 9.59 Å². The maximum Gasteiger partial charge on any atom is 0.256 e. The first-order valence-corrected chi connectivity index (χ1v) is 12.4. The quantitative estimate of drug-likeness (QED) is 0.310. The molecule has 0 saturated heterocycles. The minimum absolute atomic E-state index is 0.0369. The summed E-state index contributed by atoms with van der Waals surface area (Å²) in [6, 6.07) is 17.2. The van der Waals surface area contributed by atoms with Crippen molar-refractivity contribution in [3.8, 4) is 0 Å². The number of fused-ring (bicyclic) bond motifs is 2. The van der Waals surface area contributed by atoms with Crippen LogP contribution in [0.15, 0.2) is 64.2 Å². The van der Waals surface area contributed by atoms with E-state index in [-0.39, 0.29) is 11.8 Å². The Morgan fingerprint density at radius 3 is 2.51 bits per heavy atom. The Morgan fingerprint density at radius 1 is 1.03 bits per heavy atom. The number of carbonyl (C=O) groups excluding carboxylic acids is 2. The molecule has 1 atom stereocenters. The van der Waals surface area contributed by atoms with Gasteiger partial charge in [-0.05, 0) is 50.5 Å². The predicted octanol–water partition coefficient (Wildman–Crippen LogP) is 5.16. The fraction of sp³-hybridized carbons (Fsp3) is 0.259. The number of nitrogens with zero attached hydrogens (tertiary/aromatic N) is 3. The smallest absolute Gasteiger partial charge is 0.256 e. The van der Waals surface area contributed by atoms with Crippen molar-refractivity contribution >= 4 is 40.5 Å². The summed E-state index contributed by atoms with van der Waals surface area (Å²) in [4.78, 5) is 37.2. The standard InChI is InChI=1S/C27H26N4O3S/c1-16-17(2)34-25-22(16)23(28-24(32)20-10-5-4-6-11-20)29-27(30-25)35-18(3)26(33)31-14-13-19-9-7-8-12-21(19)15-31/h4-12,18H,13-15H2,1-3H3,(H,28,29,30,32). The number of rotatable bonds is 5. The highest BCUT2D eigenvalue weighted by Crippen LogP contribution is 2.33. The number of hydrogen-bond acceptors (Lipinski definition) is 6. The van der Waals surface area contributed by atoms with E-state index in [2.05, 4.69) is 27.4 Å². The Balaban J connectivity index is 1.39. The van der Waals surface area contributed by atoms with Crippen LogP contribution in [-0.2, 0) is 17.8 Å². The molecule has 4 aromatic rings. The monoisotopic (exact) mass is 486 g/mol. The van der Waals surface area contributed by atoms with Crippen molar-refractivity contribution in [3.63, 3.8) is 0 Å². The van der Waals surface area contributed by atoms with Crippen molar-refractivity contribution in [2.75, 3.05) is 11.9 Å². The van der Waals surface area contributed by atoms with E-state index < -0.39 is 5.25 Å². The van der Waals surface area contributed by atoms with Crippen molar-refractivity contribution in [2.45, 2.75) is 44.1 Å². The summed E-state index contributed by atoms with van der Waals surface area (Å²) in [6.45, 7) is 6.93. The number of anilines is 1. The topological polar surface area (TPSA) is 88.3 Å². The zero-order valence-corrected chi connectivity index (χ0v) is 20.7. The Hall–Kier alpha value is -3.65.